The van der Waals surface area contributed by atoms with Crippen molar-refractivity contribution in [3.8, 4) is 12.1 Å². The Hall–Kier alpha value is -7.18. The van der Waals surface area contributed by atoms with E-state index in [4.69, 9.17) is 0 Å². The van der Waals surface area contributed by atoms with Gasteiger partial charge >= 0.3 is 0 Å². The van der Waals surface area contributed by atoms with Crippen LogP contribution >= 0.6 is 0 Å². The summed E-state index contributed by atoms with van der Waals surface area (Å²) >= 11 is 0. The number of fused-ring (bicyclic) bond motifs is 2. The van der Waals surface area contributed by atoms with Crippen molar-refractivity contribution in [3.63, 3.8) is 0 Å². The highest BCUT2D eigenvalue weighted by Crippen LogP contribution is 2.15. The molecule has 12 nitrogen and oxygen atoms in total. The number of aromatic nitrogens is 8. The quantitative estimate of drug-likeness (QED) is 0.259. The van der Waals surface area contributed by atoms with E-state index in [1.807, 2.05) is 21.2 Å². The fraction of sp³-hybridized carbons (Fsp3) is 0. The van der Waals surface area contributed by atoms with Crippen molar-refractivity contribution in [2.45, 2.75) is 0 Å². The predicted octanol–water partition coefficient (Wildman–Crippen LogP) is 2.47. The Morgan fingerprint density at radius 1 is 0.543 bits per heavy atom. The van der Waals surface area contributed by atoms with Gasteiger partial charge in [0.05, 0.1) is 33.6 Å². The summed E-state index contributed by atoms with van der Waals surface area (Å²) < 4.78 is 3.68. The summed E-state index contributed by atoms with van der Waals surface area (Å²) in [6.07, 6.45) is 13.2. The number of nitrogens with zero attached hydrogens (tertiary/aromatic N) is 10. The molecule has 0 spiro atoms. The molecule has 12 heteroatoms. The van der Waals surface area contributed by atoms with E-state index < -0.39 is 11.6 Å². The van der Waals surface area contributed by atoms with Gasteiger partial charge in [0.2, 0.25) is 23.2 Å². The van der Waals surface area contributed by atoms with Crippen molar-refractivity contribution in [2.75, 3.05) is 0 Å². The van der Waals surface area contributed by atoms with Gasteiger partial charge in [-0.3, -0.25) is 9.59 Å². The smallest absolute Gasteiger partial charge is 0.248 e. The van der Waals surface area contributed by atoms with Crippen LogP contribution in [-0.2, 0) is 0 Å². The van der Waals surface area contributed by atoms with E-state index >= 15 is 0 Å². The number of nitriles is 2. The van der Waals surface area contributed by atoms with Crippen LogP contribution in [0.25, 0.3) is 22.2 Å². The molecule has 0 aliphatic heterocycles. The average molecular weight is 599 g/mol. The molecule has 0 saturated carbocycles. The molecule has 0 radical (unpaired) electrons. The molecular weight excluding hydrogens is 580 g/mol. The third-order valence-corrected chi connectivity index (χ3v) is 7.21. The van der Waals surface area contributed by atoms with Gasteiger partial charge in [-0.2, -0.15) is 10.5 Å². The lowest BCUT2D eigenvalue weighted by molar-refractivity contribution is 0.101. The van der Waals surface area contributed by atoms with Crippen molar-refractivity contribution < 1.29 is 9.59 Å². The highest BCUT2D eigenvalue weighted by molar-refractivity contribution is 6.05. The van der Waals surface area contributed by atoms with Gasteiger partial charge in [0.1, 0.15) is 23.5 Å². The van der Waals surface area contributed by atoms with Gasteiger partial charge in [0, 0.05) is 60.0 Å². The minimum Gasteiger partial charge on any atom is -0.320 e. The summed E-state index contributed by atoms with van der Waals surface area (Å²) in [6, 6.07) is 21.1. The lowest BCUT2D eigenvalue weighted by Gasteiger charge is -2.04. The number of hydrogen-bond acceptors (Lipinski definition) is 10. The van der Waals surface area contributed by atoms with Crippen LogP contribution in [0.5, 0.6) is 0 Å². The third-order valence-electron chi connectivity index (χ3n) is 7.21. The van der Waals surface area contributed by atoms with Gasteiger partial charge in [-0.15, -0.1) is 0 Å². The summed E-state index contributed by atoms with van der Waals surface area (Å²) in [5, 5.41) is 21.6. The molecule has 7 aromatic heterocycles. The van der Waals surface area contributed by atoms with E-state index in [2.05, 4.69) is 42.0 Å². The molecule has 0 amide bonds. The summed E-state index contributed by atoms with van der Waals surface area (Å²) in [5.74, 6) is -0.882. The van der Waals surface area contributed by atoms with Crippen molar-refractivity contribution in [3.05, 3.63) is 155 Å². The molecule has 0 aliphatic carbocycles. The van der Waals surface area contributed by atoms with E-state index in [0.29, 0.717) is 32.9 Å². The Balaban J connectivity index is 1.34. The van der Waals surface area contributed by atoms with Gasteiger partial charge in [0.25, 0.3) is 0 Å². The molecule has 0 unspecified atom stereocenters. The van der Waals surface area contributed by atoms with E-state index in [9.17, 15) is 20.1 Å². The first-order chi connectivity index (χ1) is 22.6. The molecule has 216 valence electrons. The van der Waals surface area contributed by atoms with Gasteiger partial charge in [0.15, 0.2) is 0 Å². The third kappa shape index (κ3) is 4.84. The first-order valence-corrected chi connectivity index (χ1v) is 13.8. The van der Waals surface area contributed by atoms with Crippen LogP contribution in [0, 0.1) is 22.7 Å². The van der Waals surface area contributed by atoms with Crippen LogP contribution in [0.1, 0.15) is 44.0 Å². The SMILES string of the molecule is N#C/C(c1cccc(C(=O)c2ncccn2)n1)=c1/ccn2cc3/c(=C(/C#N)c4cccc(C(=O)c5ncccn5)n4)ccn3cc12. The Bertz CT molecular complexity index is 2360. The lowest BCUT2D eigenvalue weighted by Crippen LogP contribution is -2.13. The second-order valence-corrected chi connectivity index (χ2v) is 9.89. The first-order valence-electron chi connectivity index (χ1n) is 13.8. The monoisotopic (exact) mass is 598 g/mol. The second kappa shape index (κ2) is 11.5. The van der Waals surface area contributed by atoms with E-state index in [1.165, 1.54) is 24.8 Å². The van der Waals surface area contributed by atoms with Gasteiger partial charge < -0.3 is 8.80 Å². The molecule has 7 rings (SSSR count). The van der Waals surface area contributed by atoms with Crippen LogP contribution in [0.3, 0.4) is 0 Å². The summed E-state index contributed by atoms with van der Waals surface area (Å²) in [6.45, 7) is 0. The maximum absolute atomic E-state index is 12.9. The van der Waals surface area contributed by atoms with Crippen molar-refractivity contribution >= 4 is 33.7 Å². The van der Waals surface area contributed by atoms with E-state index in [-0.39, 0.29) is 34.2 Å². The van der Waals surface area contributed by atoms with Gasteiger partial charge in [-0.05, 0) is 48.5 Å². The van der Waals surface area contributed by atoms with E-state index in [1.54, 1.807) is 73.1 Å². The maximum Gasteiger partial charge on any atom is 0.248 e. The molecule has 0 saturated heterocycles. The minimum atomic E-state index is -0.453. The molecule has 0 aliphatic rings. The Kier molecular flexibility index (Phi) is 6.90. The largest absolute Gasteiger partial charge is 0.320 e. The number of rotatable bonds is 6. The topological polar surface area (TPSA) is 168 Å². The highest BCUT2D eigenvalue weighted by Gasteiger charge is 2.18. The summed E-state index contributed by atoms with van der Waals surface area (Å²) in [5.41, 5.74) is 2.83. The van der Waals surface area contributed by atoms with Crippen molar-refractivity contribution in [1.29, 1.82) is 10.5 Å². The zero-order valence-electron chi connectivity index (χ0n) is 23.7. The zero-order valence-corrected chi connectivity index (χ0v) is 23.7. The lowest BCUT2D eigenvalue weighted by atomic mass is 10.1. The molecule has 46 heavy (non-hydrogen) atoms. The standard InChI is InChI=1S/C34H18N10O2/c35-17-23(25-5-1-7-27(41-25)31(45)33-37-11-3-12-38-33)21-9-15-43-20-30-22(10-16-44(30)19-29(21)43)24(18-36)26-6-2-8-28(42-26)32(46)34-39-13-4-14-40-34/h1-16,19-20H/b23-21-,24-22+. The number of hydrogen-bond donors (Lipinski definition) is 0. The Labute approximate surface area is 259 Å². The average Bonchev–Trinajstić information content (AvgIpc) is 3.72. The first kappa shape index (κ1) is 27.6. The fourth-order valence-corrected chi connectivity index (χ4v) is 5.08. The summed E-state index contributed by atoms with van der Waals surface area (Å²) in [4.78, 5) is 50.8. The number of ketones is 2. The maximum atomic E-state index is 12.9. The molecular formula is C34H18N10O2. The van der Waals surface area contributed by atoms with Gasteiger partial charge in [-0.1, -0.05) is 12.1 Å². The number of carbonyl (C=O) groups excluding carboxylic acids is 2. The molecule has 0 bridgehead atoms. The molecule has 7 heterocycles. The Morgan fingerprint density at radius 3 is 1.33 bits per heavy atom. The normalized spacial score (nSPS) is 12.3. The minimum absolute atomic E-state index is 0.0121. The zero-order chi connectivity index (χ0) is 31.6. The molecule has 0 N–H and O–H groups in total. The molecule has 0 fully saturated rings. The number of carbonyl (C=O) groups is 2. The fourth-order valence-electron chi connectivity index (χ4n) is 5.08. The van der Waals surface area contributed by atoms with Crippen molar-refractivity contribution in [1.82, 2.24) is 38.7 Å². The predicted molar refractivity (Wildman–Crippen MR) is 163 cm³/mol. The van der Waals surface area contributed by atoms with Crippen LogP contribution in [0.15, 0.2) is 110 Å². The van der Waals surface area contributed by atoms with Crippen LogP contribution < -0.4 is 10.4 Å². The summed E-state index contributed by atoms with van der Waals surface area (Å²) in [7, 11) is 0. The second-order valence-electron chi connectivity index (χ2n) is 9.89. The Morgan fingerprint density at radius 2 is 0.935 bits per heavy atom. The van der Waals surface area contributed by atoms with E-state index in [0.717, 1.165) is 0 Å². The van der Waals surface area contributed by atoms with Crippen LogP contribution in [0.4, 0.5) is 0 Å². The van der Waals surface area contributed by atoms with Crippen LogP contribution in [0.2, 0.25) is 0 Å². The molecule has 7 aromatic rings. The van der Waals surface area contributed by atoms with Gasteiger partial charge in [-0.25, -0.2) is 29.9 Å². The van der Waals surface area contributed by atoms with Crippen LogP contribution in [-0.4, -0.2) is 50.3 Å². The van der Waals surface area contributed by atoms with Crippen molar-refractivity contribution in [2.24, 2.45) is 0 Å². The molecule has 0 aromatic carbocycles. The molecule has 0 atom stereocenters. The number of pyridine rings is 2. The highest BCUT2D eigenvalue weighted by atomic mass is 16.1.